The van der Waals surface area contributed by atoms with E-state index in [2.05, 4.69) is 4.98 Å². The molecule has 0 N–H and O–H groups in total. The summed E-state index contributed by atoms with van der Waals surface area (Å²) in [5.74, 6) is 0. The van der Waals surface area contributed by atoms with Gasteiger partial charge < -0.3 is 4.57 Å². The largest absolute Gasteiger partial charge is 0.417 e. The smallest absolute Gasteiger partial charge is 0.309 e. The first kappa shape index (κ1) is 14.8. The molecule has 3 nitrogen and oxygen atoms in total. The number of thiazole rings is 1. The zero-order valence-corrected chi connectivity index (χ0v) is 11.6. The van der Waals surface area contributed by atoms with Crippen LogP contribution in [0.15, 0.2) is 28.5 Å². The van der Waals surface area contributed by atoms with Crippen LogP contribution in [0, 0.1) is 0 Å². The second-order valence-electron chi connectivity index (χ2n) is 4.36. The van der Waals surface area contributed by atoms with Crippen molar-refractivity contribution in [3.8, 4) is 0 Å². The summed E-state index contributed by atoms with van der Waals surface area (Å²) in [4.78, 5) is 15.9. The summed E-state index contributed by atoms with van der Waals surface area (Å²) in [6, 6.07) is 1.73. The molecule has 0 saturated heterocycles. The van der Waals surface area contributed by atoms with Crippen molar-refractivity contribution >= 4 is 11.3 Å². The Bertz CT molecular complexity index is 646. The molecule has 0 aliphatic heterocycles. The first-order valence-electron chi connectivity index (χ1n) is 6.11. The highest BCUT2D eigenvalue weighted by molar-refractivity contribution is 7.09. The fourth-order valence-corrected chi connectivity index (χ4v) is 2.64. The van der Waals surface area contributed by atoms with E-state index < -0.39 is 17.3 Å². The second-order valence-corrected chi connectivity index (χ2v) is 5.31. The molecule has 2 heterocycles. The molecule has 0 fully saturated rings. The Labute approximate surface area is 117 Å². The third kappa shape index (κ3) is 3.47. The van der Waals surface area contributed by atoms with E-state index in [4.69, 9.17) is 0 Å². The third-order valence-corrected chi connectivity index (χ3v) is 3.66. The van der Waals surface area contributed by atoms with E-state index >= 15 is 0 Å². The zero-order valence-electron chi connectivity index (χ0n) is 10.8. The number of nitrogens with zero attached hydrogens (tertiary/aromatic N) is 2. The van der Waals surface area contributed by atoms with Crippen LogP contribution in [0.2, 0.25) is 0 Å². The molecular formula is C13H13F3N2OS. The fourth-order valence-electron chi connectivity index (χ4n) is 1.75. The molecule has 0 atom stereocenters. The molecule has 20 heavy (non-hydrogen) atoms. The van der Waals surface area contributed by atoms with Gasteiger partial charge in [-0.25, -0.2) is 4.98 Å². The highest BCUT2D eigenvalue weighted by Gasteiger charge is 2.31. The average molecular weight is 302 g/mol. The van der Waals surface area contributed by atoms with Gasteiger partial charge in [0.1, 0.15) is 0 Å². The highest BCUT2D eigenvalue weighted by Crippen LogP contribution is 2.28. The summed E-state index contributed by atoms with van der Waals surface area (Å²) >= 11 is 1.46. The number of hydrogen-bond donors (Lipinski definition) is 0. The van der Waals surface area contributed by atoms with Crippen LogP contribution in [0.5, 0.6) is 0 Å². The van der Waals surface area contributed by atoms with Gasteiger partial charge in [-0.15, -0.1) is 11.3 Å². The maximum atomic E-state index is 12.6. The number of pyridine rings is 1. The van der Waals surface area contributed by atoms with Crippen molar-refractivity contribution in [3.63, 3.8) is 0 Å². The Morgan fingerprint density at radius 1 is 1.35 bits per heavy atom. The van der Waals surface area contributed by atoms with Crippen LogP contribution in [0.4, 0.5) is 13.2 Å². The quantitative estimate of drug-likeness (QED) is 0.868. The van der Waals surface area contributed by atoms with Gasteiger partial charge in [0, 0.05) is 17.6 Å². The van der Waals surface area contributed by atoms with Crippen LogP contribution in [0.1, 0.15) is 29.6 Å². The Balaban J connectivity index is 2.25. The Morgan fingerprint density at radius 3 is 2.75 bits per heavy atom. The predicted molar refractivity (Wildman–Crippen MR) is 70.9 cm³/mol. The Kier molecular flexibility index (Phi) is 4.27. The molecule has 2 rings (SSSR count). The van der Waals surface area contributed by atoms with Crippen LogP contribution in [0.3, 0.4) is 0 Å². The number of alkyl halides is 3. The minimum absolute atomic E-state index is 0.0585. The highest BCUT2D eigenvalue weighted by atomic mass is 32.1. The first-order chi connectivity index (χ1) is 9.40. The normalized spacial score (nSPS) is 11.8. The molecule has 0 spiro atoms. The maximum Gasteiger partial charge on any atom is 0.417 e. The molecule has 0 amide bonds. The summed E-state index contributed by atoms with van der Waals surface area (Å²) < 4.78 is 38.9. The first-order valence-corrected chi connectivity index (χ1v) is 6.99. The number of hydrogen-bond acceptors (Lipinski definition) is 3. The van der Waals surface area contributed by atoms with Crippen molar-refractivity contribution in [2.24, 2.45) is 0 Å². The van der Waals surface area contributed by atoms with E-state index in [-0.39, 0.29) is 6.54 Å². The van der Waals surface area contributed by atoms with Crippen LogP contribution in [-0.4, -0.2) is 9.55 Å². The van der Waals surface area contributed by atoms with E-state index in [1.54, 1.807) is 5.38 Å². The van der Waals surface area contributed by atoms with Crippen LogP contribution in [0.25, 0.3) is 0 Å². The van der Waals surface area contributed by atoms with E-state index in [0.29, 0.717) is 5.69 Å². The molecule has 7 heteroatoms. The molecule has 0 aromatic carbocycles. The lowest BCUT2D eigenvalue weighted by Crippen LogP contribution is -2.22. The molecule has 0 bridgehead atoms. The summed E-state index contributed by atoms with van der Waals surface area (Å²) in [5.41, 5.74) is -0.691. The number of aryl methyl sites for hydroxylation is 1. The van der Waals surface area contributed by atoms with Crippen LogP contribution >= 0.6 is 11.3 Å². The van der Waals surface area contributed by atoms with Crippen molar-refractivity contribution in [1.29, 1.82) is 0 Å². The van der Waals surface area contributed by atoms with Crippen LogP contribution < -0.4 is 5.56 Å². The van der Waals surface area contributed by atoms with Gasteiger partial charge in [0.25, 0.3) is 5.56 Å². The lowest BCUT2D eigenvalue weighted by molar-refractivity contribution is -0.138. The van der Waals surface area contributed by atoms with Gasteiger partial charge in [0.05, 0.1) is 22.8 Å². The van der Waals surface area contributed by atoms with Crippen LogP contribution in [-0.2, 0) is 19.1 Å². The summed E-state index contributed by atoms with van der Waals surface area (Å²) in [5, 5.41) is 2.71. The van der Waals surface area contributed by atoms with E-state index in [0.717, 1.165) is 40.7 Å². The molecule has 2 aromatic heterocycles. The topological polar surface area (TPSA) is 34.9 Å². The summed E-state index contributed by atoms with van der Waals surface area (Å²) in [7, 11) is 0. The second kappa shape index (κ2) is 5.78. The van der Waals surface area contributed by atoms with Gasteiger partial charge in [-0.3, -0.25) is 4.79 Å². The monoisotopic (exact) mass is 302 g/mol. The SMILES string of the molecule is CCCc1nc(Cn2cc(C(F)(F)F)ccc2=O)cs1. The summed E-state index contributed by atoms with van der Waals surface area (Å²) in [6.07, 6.45) is -1.83. The lowest BCUT2D eigenvalue weighted by atomic mass is 10.2. The van der Waals surface area contributed by atoms with E-state index in [1.807, 2.05) is 6.92 Å². The molecule has 0 radical (unpaired) electrons. The molecule has 0 aliphatic rings. The van der Waals surface area contributed by atoms with Crippen molar-refractivity contribution in [1.82, 2.24) is 9.55 Å². The van der Waals surface area contributed by atoms with Gasteiger partial charge in [-0.2, -0.15) is 13.2 Å². The minimum atomic E-state index is -4.45. The van der Waals surface area contributed by atoms with E-state index in [1.165, 1.54) is 11.3 Å². The van der Waals surface area contributed by atoms with Gasteiger partial charge in [-0.05, 0) is 18.9 Å². The zero-order chi connectivity index (χ0) is 14.8. The summed E-state index contributed by atoms with van der Waals surface area (Å²) in [6.45, 7) is 2.08. The third-order valence-electron chi connectivity index (χ3n) is 2.71. The maximum absolute atomic E-state index is 12.6. The molecule has 0 saturated carbocycles. The predicted octanol–water partition coefficient (Wildman–Crippen LogP) is 3.32. The molecular weight excluding hydrogens is 289 g/mol. The Morgan fingerprint density at radius 2 is 2.10 bits per heavy atom. The molecule has 108 valence electrons. The van der Waals surface area contributed by atoms with Gasteiger partial charge in [0.2, 0.25) is 0 Å². The minimum Gasteiger partial charge on any atom is -0.309 e. The molecule has 2 aromatic rings. The fraction of sp³-hybridized carbons (Fsp3) is 0.385. The van der Waals surface area contributed by atoms with Gasteiger partial charge in [0.15, 0.2) is 0 Å². The van der Waals surface area contributed by atoms with Crippen molar-refractivity contribution in [3.05, 3.63) is 50.3 Å². The standard InChI is InChI=1S/C13H13F3N2OS/c1-2-3-11-17-10(8-20-11)7-18-6-9(13(14,15)16)4-5-12(18)19/h4-6,8H,2-3,7H2,1H3. The lowest BCUT2D eigenvalue weighted by Gasteiger charge is -2.09. The van der Waals surface area contributed by atoms with E-state index in [9.17, 15) is 18.0 Å². The van der Waals surface area contributed by atoms with Crippen molar-refractivity contribution in [2.45, 2.75) is 32.5 Å². The number of aromatic nitrogens is 2. The average Bonchev–Trinajstić information content (AvgIpc) is 2.78. The Hall–Kier alpha value is -1.63. The van der Waals surface area contributed by atoms with Crippen molar-refractivity contribution in [2.75, 3.05) is 0 Å². The van der Waals surface area contributed by atoms with Crippen molar-refractivity contribution < 1.29 is 13.2 Å². The van der Waals surface area contributed by atoms with Gasteiger partial charge >= 0.3 is 6.18 Å². The molecule has 0 unspecified atom stereocenters. The number of halogens is 3. The van der Waals surface area contributed by atoms with Gasteiger partial charge in [-0.1, -0.05) is 6.92 Å². The number of rotatable bonds is 4. The molecule has 0 aliphatic carbocycles.